The molecule has 0 unspecified atom stereocenters. The first-order chi connectivity index (χ1) is 6.72. The molecule has 1 nitrogen and oxygen atoms in total. The molecule has 0 fully saturated rings. The highest BCUT2D eigenvalue weighted by atomic mass is 35.5. The van der Waals surface area contributed by atoms with Crippen LogP contribution in [0.25, 0.3) is 0 Å². The third-order valence-corrected chi connectivity index (χ3v) is 3.12. The van der Waals surface area contributed by atoms with Gasteiger partial charge in [-0.15, -0.1) is 0 Å². The van der Waals surface area contributed by atoms with Gasteiger partial charge in [-0.25, -0.2) is 0 Å². The Morgan fingerprint density at radius 3 is 2.36 bits per heavy atom. The van der Waals surface area contributed by atoms with Crippen LogP contribution in [-0.2, 0) is 12.4 Å². The lowest BCUT2D eigenvalue weighted by atomic mass is 10.2. The summed E-state index contributed by atoms with van der Waals surface area (Å²) in [5.74, 6) is 1.71. The Kier molecular flexibility index (Phi) is 5.09. The van der Waals surface area contributed by atoms with E-state index in [1.165, 1.54) is 5.56 Å². The number of hydrogen-bond donors (Lipinski definition) is 1. The van der Waals surface area contributed by atoms with Gasteiger partial charge in [-0.1, -0.05) is 42.4 Å². The predicted molar refractivity (Wildman–Crippen MR) is 63.5 cm³/mol. The van der Waals surface area contributed by atoms with Gasteiger partial charge in [0.15, 0.2) is 0 Å². The average Bonchev–Trinajstić information content (AvgIpc) is 2.18. The van der Waals surface area contributed by atoms with Gasteiger partial charge in [-0.3, -0.25) is 0 Å². The maximum atomic E-state index is 8.84. The first-order valence-electron chi connectivity index (χ1n) is 4.32. The van der Waals surface area contributed by atoms with Gasteiger partial charge in [0.05, 0.1) is 6.61 Å². The third-order valence-electron chi connectivity index (χ3n) is 1.73. The molecule has 1 aromatic rings. The number of hydrogen-bond acceptors (Lipinski definition) is 2. The van der Waals surface area contributed by atoms with Crippen LogP contribution in [0.1, 0.15) is 11.1 Å². The van der Waals surface area contributed by atoms with E-state index in [4.69, 9.17) is 16.7 Å². The summed E-state index contributed by atoms with van der Waals surface area (Å²) < 4.78 is 0. The molecule has 3 heteroatoms. The SMILES string of the molecule is C=C(Cl)CSCc1ccc(CO)cc1. The molecule has 0 amide bonds. The van der Waals surface area contributed by atoms with E-state index in [2.05, 4.69) is 6.58 Å². The molecule has 0 saturated heterocycles. The molecule has 0 aliphatic carbocycles. The highest BCUT2D eigenvalue weighted by Gasteiger charge is 1.95. The quantitative estimate of drug-likeness (QED) is 0.836. The molecule has 0 atom stereocenters. The van der Waals surface area contributed by atoms with Gasteiger partial charge < -0.3 is 5.11 Å². The van der Waals surface area contributed by atoms with Crippen LogP contribution < -0.4 is 0 Å². The van der Waals surface area contributed by atoms with Crippen molar-refractivity contribution in [1.29, 1.82) is 0 Å². The summed E-state index contributed by atoms with van der Waals surface area (Å²) in [4.78, 5) is 0. The number of aliphatic hydroxyl groups excluding tert-OH is 1. The van der Waals surface area contributed by atoms with Crippen molar-refractivity contribution in [3.05, 3.63) is 47.0 Å². The molecule has 0 saturated carbocycles. The molecule has 0 radical (unpaired) electrons. The van der Waals surface area contributed by atoms with Crippen molar-refractivity contribution in [3.8, 4) is 0 Å². The molecule has 76 valence electrons. The van der Waals surface area contributed by atoms with Crippen LogP contribution >= 0.6 is 23.4 Å². The molecule has 0 spiro atoms. The zero-order valence-corrected chi connectivity index (χ0v) is 9.44. The lowest BCUT2D eigenvalue weighted by molar-refractivity contribution is 0.282. The molecule has 14 heavy (non-hydrogen) atoms. The van der Waals surface area contributed by atoms with Gasteiger partial charge in [0.1, 0.15) is 0 Å². The second-order valence-electron chi connectivity index (χ2n) is 2.98. The van der Waals surface area contributed by atoms with Gasteiger partial charge in [-0.05, 0) is 11.1 Å². The minimum Gasteiger partial charge on any atom is -0.392 e. The van der Waals surface area contributed by atoms with Crippen LogP contribution in [0, 0.1) is 0 Å². The number of rotatable bonds is 5. The summed E-state index contributed by atoms with van der Waals surface area (Å²) in [6.45, 7) is 3.73. The Balaban J connectivity index is 2.40. The van der Waals surface area contributed by atoms with E-state index in [9.17, 15) is 0 Å². The molecule has 0 aliphatic heterocycles. The van der Waals surface area contributed by atoms with Gasteiger partial charge in [0.2, 0.25) is 0 Å². The Labute approximate surface area is 93.8 Å². The largest absolute Gasteiger partial charge is 0.392 e. The third kappa shape index (κ3) is 4.18. The fraction of sp³-hybridized carbons (Fsp3) is 0.273. The van der Waals surface area contributed by atoms with Crippen molar-refractivity contribution >= 4 is 23.4 Å². The Morgan fingerprint density at radius 2 is 1.86 bits per heavy atom. The van der Waals surface area contributed by atoms with Gasteiger partial charge in [-0.2, -0.15) is 11.8 Å². The average molecular weight is 229 g/mol. The van der Waals surface area contributed by atoms with Crippen molar-refractivity contribution in [3.63, 3.8) is 0 Å². The van der Waals surface area contributed by atoms with Crippen LogP contribution in [0.5, 0.6) is 0 Å². The Bertz CT molecular complexity index is 295. The van der Waals surface area contributed by atoms with E-state index in [0.29, 0.717) is 5.03 Å². The van der Waals surface area contributed by atoms with Crippen LogP contribution in [-0.4, -0.2) is 10.9 Å². The summed E-state index contributed by atoms with van der Waals surface area (Å²) >= 11 is 7.38. The summed E-state index contributed by atoms with van der Waals surface area (Å²) in [5.41, 5.74) is 2.19. The maximum Gasteiger partial charge on any atom is 0.0681 e. The minimum absolute atomic E-state index is 0.103. The van der Waals surface area contributed by atoms with Crippen molar-refractivity contribution in [2.24, 2.45) is 0 Å². The van der Waals surface area contributed by atoms with Crippen molar-refractivity contribution in [2.45, 2.75) is 12.4 Å². The minimum atomic E-state index is 0.103. The van der Waals surface area contributed by atoms with Crippen LogP contribution in [0.2, 0.25) is 0 Å². The van der Waals surface area contributed by atoms with E-state index in [0.717, 1.165) is 17.1 Å². The Hall–Kier alpha value is -0.440. The smallest absolute Gasteiger partial charge is 0.0681 e. The second-order valence-corrected chi connectivity index (χ2v) is 4.50. The highest BCUT2D eigenvalue weighted by Crippen LogP contribution is 2.16. The number of halogens is 1. The van der Waals surface area contributed by atoms with Crippen molar-refractivity contribution < 1.29 is 5.11 Å². The number of benzene rings is 1. The highest BCUT2D eigenvalue weighted by molar-refractivity contribution is 7.98. The topological polar surface area (TPSA) is 20.2 Å². The predicted octanol–water partition coefficient (Wildman–Crippen LogP) is 3.16. The van der Waals surface area contributed by atoms with E-state index < -0.39 is 0 Å². The summed E-state index contributed by atoms with van der Waals surface area (Å²) in [6, 6.07) is 7.92. The monoisotopic (exact) mass is 228 g/mol. The normalized spacial score (nSPS) is 10.1. The van der Waals surface area contributed by atoms with Gasteiger partial charge in [0.25, 0.3) is 0 Å². The standard InChI is InChI=1S/C11H13ClOS/c1-9(12)7-14-8-11-4-2-10(6-13)3-5-11/h2-5,13H,1,6-8H2. The summed E-state index contributed by atoms with van der Waals surface area (Å²) in [7, 11) is 0. The number of thioether (sulfide) groups is 1. The molecule has 0 aliphatic rings. The molecule has 0 bridgehead atoms. The lowest BCUT2D eigenvalue weighted by Crippen LogP contribution is -1.86. The summed E-state index contributed by atoms with van der Waals surface area (Å²) in [6.07, 6.45) is 0. The van der Waals surface area contributed by atoms with Crippen molar-refractivity contribution in [1.82, 2.24) is 0 Å². The van der Waals surface area contributed by atoms with Gasteiger partial charge >= 0.3 is 0 Å². The molecule has 0 heterocycles. The second kappa shape index (κ2) is 6.12. The van der Waals surface area contributed by atoms with Crippen LogP contribution in [0.15, 0.2) is 35.9 Å². The fourth-order valence-corrected chi connectivity index (χ4v) is 2.00. The maximum absolute atomic E-state index is 8.84. The van der Waals surface area contributed by atoms with E-state index in [-0.39, 0.29) is 6.61 Å². The lowest BCUT2D eigenvalue weighted by Gasteiger charge is -2.01. The van der Waals surface area contributed by atoms with E-state index in [1.807, 2.05) is 24.3 Å². The van der Waals surface area contributed by atoms with E-state index in [1.54, 1.807) is 11.8 Å². The summed E-state index contributed by atoms with van der Waals surface area (Å²) in [5, 5.41) is 9.53. The van der Waals surface area contributed by atoms with Gasteiger partial charge in [0, 0.05) is 16.5 Å². The Morgan fingerprint density at radius 1 is 1.29 bits per heavy atom. The van der Waals surface area contributed by atoms with Crippen LogP contribution in [0.3, 0.4) is 0 Å². The molecular formula is C11H13ClOS. The van der Waals surface area contributed by atoms with Crippen molar-refractivity contribution in [2.75, 3.05) is 5.75 Å². The molecule has 0 aromatic heterocycles. The zero-order chi connectivity index (χ0) is 10.4. The first-order valence-corrected chi connectivity index (χ1v) is 5.85. The molecule has 1 rings (SSSR count). The zero-order valence-electron chi connectivity index (χ0n) is 7.87. The molecule has 1 aromatic carbocycles. The first kappa shape index (κ1) is 11.6. The van der Waals surface area contributed by atoms with E-state index >= 15 is 0 Å². The van der Waals surface area contributed by atoms with Crippen LogP contribution in [0.4, 0.5) is 0 Å². The molecular weight excluding hydrogens is 216 g/mol. The molecule has 1 N–H and O–H groups in total. The number of aliphatic hydroxyl groups is 1. The fourth-order valence-electron chi connectivity index (χ4n) is 1.02.